The van der Waals surface area contributed by atoms with Gasteiger partial charge in [-0.05, 0) is 25.0 Å². The molecule has 2 rings (SSSR count). The summed E-state index contributed by atoms with van der Waals surface area (Å²) in [6.45, 7) is 2.06. The minimum atomic E-state index is -0.281. The van der Waals surface area contributed by atoms with E-state index in [1.807, 2.05) is 0 Å². The Hall–Kier alpha value is -0.680. The molecule has 1 unspecified atom stereocenters. The van der Waals surface area contributed by atoms with Crippen LogP contribution >= 0.6 is 11.6 Å². The molecule has 19 heavy (non-hydrogen) atoms. The van der Waals surface area contributed by atoms with E-state index in [2.05, 4.69) is 4.90 Å². The summed E-state index contributed by atoms with van der Waals surface area (Å²) in [6.07, 6.45) is 2.18. The van der Waals surface area contributed by atoms with Crippen LogP contribution in [-0.4, -0.2) is 37.7 Å². The highest BCUT2D eigenvalue weighted by Gasteiger charge is 2.28. The van der Waals surface area contributed by atoms with Gasteiger partial charge in [0.15, 0.2) is 0 Å². The number of rotatable bonds is 4. The van der Waals surface area contributed by atoms with Crippen molar-refractivity contribution in [3.63, 3.8) is 0 Å². The fourth-order valence-electron chi connectivity index (χ4n) is 2.70. The molecule has 0 radical (unpaired) electrons. The molecular formula is C14H20ClFN2O. The molecule has 1 aliphatic heterocycles. The van der Waals surface area contributed by atoms with Gasteiger partial charge in [-0.1, -0.05) is 17.7 Å². The SMILES string of the molecule is COC1CCN(C(CN)c2c(F)cccc2Cl)CC1. The Morgan fingerprint density at radius 2 is 2.16 bits per heavy atom. The van der Waals surface area contributed by atoms with Crippen molar-refractivity contribution in [2.45, 2.75) is 25.0 Å². The van der Waals surface area contributed by atoms with Crippen LogP contribution < -0.4 is 5.73 Å². The molecule has 1 aromatic carbocycles. The number of methoxy groups -OCH3 is 1. The van der Waals surface area contributed by atoms with Gasteiger partial charge >= 0.3 is 0 Å². The molecule has 0 aromatic heterocycles. The van der Waals surface area contributed by atoms with E-state index < -0.39 is 0 Å². The minimum Gasteiger partial charge on any atom is -0.381 e. The zero-order valence-corrected chi connectivity index (χ0v) is 11.9. The first-order valence-electron chi connectivity index (χ1n) is 6.58. The second kappa shape index (κ2) is 6.66. The average Bonchev–Trinajstić information content (AvgIpc) is 2.43. The third-order valence-electron chi connectivity index (χ3n) is 3.81. The molecule has 1 saturated heterocycles. The van der Waals surface area contributed by atoms with Crippen LogP contribution in [0.1, 0.15) is 24.4 Å². The lowest BCUT2D eigenvalue weighted by molar-refractivity contribution is 0.0276. The molecule has 2 N–H and O–H groups in total. The van der Waals surface area contributed by atoms with E-state index in [4.69, 9.17) is 22.1 Å². The Morgan fingerprint density at radius 3 is 2.68 bits per heavy atom. The Bertz CT molecular complexity index is 402. The largest absolute Gasteiger partial charge is 0.381 e. The quantitative estimate of drug-likeness (QED) is 0.925. The maximum absolute atomic E-state index is 14.0. The second-order valence-corrected chi connectivity index (χ2v) is 5.27. The van der Waals surface area contributed by atoms with E-state index in [-0.39, 0.29) is 11.9 Å². The molecule has 0 spiro atoms. The lowest BCUT2D eigenvalue weighted by atomic mass is 10.00. The molecule has 5 heteroatoms. The third-order valence-corrected chi connectivity index (χ3v) is 4.14. The summed E-state index contributed by atoms with van der Waals surface area (Å²) in [5.41, 5.74) is 6.36. The van der Waals surface area contributed by atoms with Crippen molar-refractivity contribution in [2.24, 2.45) is 5.73 Å². The summed E-state index contributed by atoms with van der Waals surface area (Å²) in [7, 11) is 1.73. The highest BCUT2D eigenvalue weighted by atomic mass is 35.5. The fraction of sp³-hybridized carbons (Fsp3) is 0.571. The molecule has 0 bridgehead atoms. The molecule has 3 nitrogen and oxygen atoms in total. The van der Waals surface area contributed by atoms with Gasteiger partial charge in [0.2, 0.25) is 0 Å². The van der Waals surface area contributed by atoms with E-state index in [0.29, 0.717) is 23.2 Å². The van der Waals surface area contributed by atoms with Crippen molar-refractivity contribution in [2.75, 3.05) is 26.7 Å². The Morgan fingerprint density at radius 1 is 1.47 bits per heavy atom. The summed E-state index contributed by atoms with van der Waals surface area (Å²) < 4.78 is 19.3. The van der Waals surface area contributed by atoms with Gasteiger partial charge in [0.25, 0.3) is 0 Å². The van der Waals surface area contributed by atoms with Crippen LogP contribution in [0.4, 0.5) is 4.39 Å². The van der Waals surface area contributed by atoms with Crippen molar-refractivity contribution >= 4 is 11.6 Å². The Balaban J connectivity index is 2.17. The number of likely N-dealkylation sites (tertiary alicyclic amines) is 1. The molecule has 1 atom stereocenters. The predicted molar refractivity (Wildman–Crippen MR) is 74.8 cm³/mol. The number of benzene rings is 1. The van der Waals surface area contributed by atoms with Crippen LogP contribution in [0.3, 0.4) is 0 Å². The van der Waals surface area contributed by atoms with Gasteiger partial charge in [-0.25, -0.2) is 4.39 Å². The summed E-state index contributed by atoms with van der Waals surface area (Å²) in [5.74, 6) is -0.281. The highest BCUT2D eigenvalue weighted by Crippen LogP contribution is 2.31. The van der Waals surface area contributed by atoms with Crippen LogP contribution in [0.15, 0.2) is 18.2 Å². The predicted octanol–water partition coefficient (Wildman–Crippen LogP) is 2.59. The van der Waals surface area contributed by atoms with Crippen molar-refractivity contribution in [3.05, 3.63) is 34.6 Å². The molecular weight excluding hydrogens is 267 g/mol. The standard InChI is InChI=1S/C14H20ClFN2O/c1-19-10-5-7-18(8-6-10)13(9-17)14-11(15)3-2-4-12(14)16/h2-4,10,13H,5-9,17H2,1H3. The molecule has 0 amide bonds. The number of halogens is 2. The molecule has 1 aromatic rings. The highest BCUT2D eigenvalue weighted by molar-refractivity contribution is 6.31. The summed E-state index contributed by atoms with van der Waals surface area (Å²) in [5, 5.41) is 0.448. The zero-order chi connectivity index (χ0) is 13.8. The van der Waals surface area contributed by atoms with E-state index in [0.717, 1.165) is 25.9 Å². The third kappa shape index (κ3) is 3.26. The van der Waals surface area contributed by atoms with Crippen molar-refractivity contribution < 1.29 is 9.13 Å². The molecule has 0 saturated carbocycles. The summed E-state index contributed by atoms with van der Waals surface area (Å²) in [6, 6.07) is 4.61. The number of hydrogen-bond donors (Lipinski definition) is 1. The van der Waals surface area contributed by atoms with Gasteiger partial charge in [0.1, 0.15) is 5.82 Å². The fourth-order valence-corrected chi connectivity index (χ4v) is 2.99. The number of ether oxygens (including phenoxy) is 1. The lowest BCUT2D eigenvalue weighted by Crippen LogP contribution is -2.42. The molecule has 1 fully saturated rings. The normalized spacial score (nSPS) is 19.6. The maximum Gasteiger partial charge on any atom is 0.129 e. The zero-order valence-electron chi connectivity index (χ0n) is 11.1. The summed E-state index contributed by atoms with van der Waals surface area (Å²) >= 11 is 6.13. The molecule has 1 aliphatic rings. The smallest absolute Gasteiger partial charge is 0.129 e. The molecule has 1 heterocycles. The van der Waals surface area contributed by atoms with Crippen LogP contribution in [0.5, 0.6) is 0 Å². The van der Waals surface area contributed by atoms with Gasteiger partial charge in [-0.3, -0.25) is 4.90 Å². The van der Waals surface area contributed by atoms with Crippen molar-refractivity contribution in [1.82, 2.24) is 4.90 Å². The number of nitrogens with zero attached hydrogens (tertiary/aromatic N) is 1. The first-order chi connectivity index (χ1) is 9.17. The topological polar surface area (TPSA) is 38.5 Å². The number of hydrogen-bond acceptors (Lipinski definition) is 3. The van der Waals surface area contributed by atoms with E-state index in [9.17, 15) is 4.39 Å². The first-order valence-corrected chi connectivity index (χ1v) is 6.96. The van der Waals surface area contributed by atoms with Crippen LogP contribution in [0, 0.1) is 5.82 Å². The Kier molecular flexibility index (Phi) is 5.16. The van der Waals surface area contributed by atoms with Gasteiger partial charge in [-0.15, -0.1) is 0 Å². The monoisotopic (exact) mass is 286 g/mol. The number of piperidine rings is 1. The van der Waals surface area contributed by atoms with Crippen molar-refractivity contribution in [3.8, 4) is 0 Å². The molecule has 0 aliphatic carbocycles. The van der Waals surface area contributed by atoms with Gasteiger partial charge < -0.3 is 10.5 Å². The Labute approximate surface area is 118 Å². The van der Waals surface area contributed by atoms with E-state index in [1.165, 1.54) is 6.07 Å². The van der Waals surface area contributed by atoms with Gasteiger partial charge in [-0.2, -0.15) is 0 Å². The summed E-state index contributed by atoms with van der Waals surface area (Å²) in [4.78, 5) is 2.19. The number of nitrogens with two attached hydrogens (primary N) is 1. The first kappa shape index (κ1) is 14.7. The minimum absolute atomic E-state index is 0.161. The maximum atomic E-state index is 14.0. The van der Waals surface area contributed by atoms with E-state index >= 15 is 0 Å². The molecule has 106 valence electrons. The van der Waals surface area contributed by atoms with Gasteiger partial charge in [0.05, 0.1) is 12.1 Å². The van der Waals surface area contributed by atoms with Crippen LogP contribution in [0.25, 0.3) is 0 Å². The average molecular weight is 287 g/mol. The van der Waals surface area contributed by atoms with Crippen LogP contribution in [0.2, 0.25) is 5.02 Å². The second-order valence-electron chi connectivity index (χ2n) is 4.86. The van der Waals surface area contributed by atoms with Crippen LogP contribution in [-0.2, 0) is 4.74 Å². The van der Waals surface area contributed by atoms with Crippen molar-refractivity contribution in [1.29, 1.82) is 0 Å². The lowest BCUT2D eigenvalue weighted by Gasteiger charge is -2.37. The van der Waals surface area contributed by atoms with E-state index in [1.54, 1.807) is 19.2 Å². The van der Waals surface area contributed by atoms with Gasteiger partial charge in [0, 0.05) is 37.3 Å².